The van der Waals surface area contributed by atoms with Gasteiger partial charge >= 0.3 is 0 Å². The lowest BCUT2D eigenvalue weighted by molar-refractivity contribution is 0.441. The highest BCUT2D eigenvalue weighted by molar-refractivity contribution is 6.30. The number of rotatable bonds is 2. The maximum Gasteiger partial charge on any atom is 0.174 e. The van der Waals surface area contributed by atoms with Gasteiger partial charge in [0.15, 0.2) is 5.76 Å². The predicted molar refractivity (Wildman–Crippen MR) is 84.1 cm³/mol. The monoisotopic (exact) mass is 310 g/mol. The van der Waals surface area contributed by atoms with Crippen LogP contribution in [-0.4, -0.2) is 20.2 Å². The van der Waals surface area contributed by atoms with Crippen LogP contribution in [0, 0.1) is 6.92 Å². The van der Waals surface area contributed by atoms with Crippen LogP contribution in [-0.2, 0) is 0 Å². The third kappa shape index (κ3) is 2.07. The Kier molecular flexibility index (Phi) is 2.94. The molecule has 0 unspecified atom stereocenters. The van der Waals surface area contributed by atoms with Gasteiger partial charge in [0, 0.05) is 10.6 Å². The summed E-state index contributed by atoms with van der Waals surface area (Å²) in [4.78, 5) is 0. The van der Waals surface area contributed by atoms with Gasteiger partial charge in [0.05, 0.1) is 23.0 Å². The Morgan fingerprint density at radius 2 is 1.91 bits per heavy atom. The van der Waals surface area contributed by atoms with Crippen LogP contribution in [0.2, 0.25) is 5.02 Å². The van der Waals surface area contributed by atoms with Crippen molar-refractivity contribution in [2.45, 2.75) is 6.92 Å². The molecule has 0 radical (unpaired) electrons. The predicted octanol–water partition coefficient (Wildman–Crippen LogP) is 4.04. The van der Waals surface area contributed by atoms with Crippen molar-refractivity contribution in [3.63, 3.8) is 0 Å². The van der Waals surface area contributed by atoms with Crippen LogP contribution in [0.1, 0.15) is 5.69 Å². The fourth-order valence-electron chi connectivity index (χ4n) is 2.41. The molecular weight excluding hydrogens is 300 g/mol. The minimum absolute atomic E-state index is 0.687. The van der Waals surface area contributed by atoms with Gasteiger partial charge in [-0.05, 0) is 49.4 Å². The summed E-state index contributed by atoms with van der Waals surface area (Å²) in [5.74, 6) is 0.714. The average molecular weight is 311 g/mol. The first-order chi connectivity index (χ1) is 10.7. The lowest BCUT2D eigenvalue weighted by atomic mass is 10.1. The molecule has 22 heavy (non-hydrogen) atoms. The van der Waals surface area contributed by atoms with Crippen molar-refractivity contribution < 1.29 is 4.52 Å². The molecule has 0 bridgehead atoms. The second-order valence-corrected chi connectivity index (χ2v) is 5.44. The maximum atomic E-state index is 5.94. The minimum Gasteiger partial charge on any atom is -0.355 e. The number of benzene rings is 2. The van der Waals surface area contributed by atoms with Crippen molar-refractivity contribution in [3.8, 4) is 17.0 Å². The van der Waals surface area contributed by atoms with E-state index in [0.717, 1.165) is 27.8 Å². The second kappa shape index (κ2) is 4.96. The van der Waals surface area contributed by atoms with Gasteiger partial charge in [-0.15, -0.1) is 5.10 Å². The highest BCUT2D eigenvalue weighted by Crippen LogP contribution is 2.30. The number of nitrogens with zero attached hydrogens (tertiary/aromatic N) is 4. The molecule has 5 nitrogen and oxygen atoms in total. The molecule has 0 saturated carbocycles. The molecule has 108 valence electrons. The van der Waals surface area contributed by atoms with Gasteiger partial charge < -0.3 is 4.52 Å². The van der Waals surface area contributed by atoms with Gasteiger partial charge in [-0.2, -0.15) is 0 Å². The lowest BCUT2D eigenvalue weighted by Crippen LogP contribution is -1.98. The number of fused-ring (bicyclic) bond motifs is 1. The molecule has 2 aromatic carbocycles. The smallest absolute Gasteiger partial charge is 0.174 e. The van der Waals surface area contributed by atoms with Gasteiger partial charge in [0.25, 0.3) is 0 Å². The Balaban J connectivity index is 1.90. The summed E-state index contributed by atoms with van der Waals surface area (Å²) < 4.78 is 7.28. The van der Waals surface area contributed by atoms with E-state index in [1.807, 2.05) is 49.4 Å². The Bertz CT molecular complexity index is 956. The molecule has 0 atom stereocenters. The Morgan fingerprint density at radius 1 is 1.09 bits per heavy atom. The first-order valence-corrected chi connectivity index (χ1v) is 7.13. The quantitative estimate of drug-likeness (QED) is 0.561. The standard InChI is InChI=1S/C16H11ClN4O/c1-10-9-18-20-21(10)13-6-7-15-14(8-13)16(22-19-15)11-2-4-12(17)5-3-11/h2-9H,1H3. The second-order valence-electron chi connectivity index (χ2n) is 5.01. The molecule has 2 heterocycles. The van der Waals surface area contributed by atoms with Gasteiger partial charge in [0.2, 0.25) is 0 Å². The molecule has 0 amide bonds. The van der Waals surface area contributed by atoms with Crippen LogP contribution in [0.3, 0.4) is 0 Å². The highest BCUT2D eigenvalue weighted by Gasteiger charge is 2.12. The minimum atomic E-state index is 0.687. The normalized spacial score (nSPS) is 11.2. The summed E-state index contributed by atoms with van der Waals surface area (Å²) in [5, 5.41) is 13.7. The summed E-state index contributed by atoms with van der Waals surface area (Å²) >= 11 is 5.94. The summed E-state index contributed by atoms with van der Waals surface area (Å²) in [6.45, 7) is 1.96. The van der Waals surface area contributed by atoms with E-state index in [9.17, 15) is 0 Å². The molecule has 2 aromatic heterocycles. The van der Waals surface area contributed by atoms with Crippen molar-refractivity contribution in [2.75, 3.05) is 0 Å². The summed E-state index contributed by atoms with van der Waals surface area (Å²) in [5.41, 5.74) is 3.61. The average Bonchev–Trinajstić information content (AvgIpc) is 3.13. The van der Waals surface area contributed by atoms with Crippen LogP contribution in [0.4, 0.5) is 0 Å². The Hall–Kier alpha value is -2.66. The van der Waals surface area contributed by atoms with Crippen LogP contribution >= 0.6 is 11.6 Å². The summed E-state index contributed by atoms with van der Waals surface area (Å²) in [6.07, 6.45) is 1.72. The zero-order valence-corrected chi connectivity index (χ0v) is 12.4. The van der Waals surface area contributed by atoms with E-state index in [0.29, 0.717) is 10.8 Å². The Morgan fingerprint density at radius 3 is 2.64 bits per heavy atom. The maximum absolute atomic E-state index is 5.94. The van der Waals surface area contributed by atoms with Crippen LogP contribution in [0.15, 0.2) is 53.2 Å². The Labute approximate surface area is 131 Å². The van der Waals surface area contributed by atoms with E-state index in [1.54, 1.807) is 10.9 Å². The molecule has 0 aliphatic heterocycles. The molecule has 0 spiro atoms. The van der Waals surface area contributed by atoms with Crippen LogP contribution in [0.5, 0.6) is 0 Å². The van der Waals surface area contributed by atoms with Crippen molar-refractivity contribution >= 4 is 22.5 Å². The van der Waals surface area contributed by atoms with Crippen molar-refractivity contribution in [2.24, 2.45) is 0 Å². The van der Waals surface area contributed by atoms with E-state index in [1.165, 1.54) is 0 Å². The third-order valence-electron chi connectivity index (χ3n) is 3.53. The van der Waals surface area contributed by atoms with Crippen LogP contribution in [0.25, 0.3) is 27.9 Å². The lowest BCUT2D eigenvalue weighted by Gasteiger charge is -2.03. The number of aromatic nitrogens is 4. The molecule has 0 fully saturated rings. The molecule has 4 aromatic rings. The molecule has 0 N–H and O–H groups in total. The molecule has 0 saturated heterocycles. The molecule has 0 aliphatic carbocycles. The molecule has 0 aliphatic rings. The largest absolute Gasteiger partial charge is 0.355 e. The van der Waals surface area contributed by atoms with Gasteiger partial charge in [-0.1, -0.05) is 22.0 Å². The highest BCUT2D eigenvalue weighted by atomic mass is 35.5. The molecular formula is C16H11ClN4O. The van der Waals surface area contributed by atoms with E-state index < -0.39 is 0 Å². The molecule has 4 rings (SSSR count). The van der Waals surface area contributed by atoms with Gasteiger partial charge in [0.1, 0.15) is 5.52 Å². The number of hydrogen-bond donors (Lipinski definition) is 0. The fraction of sp³-hybridized carbons (Fsp3) is 0.0625. The topological polar surface area (TPSA) is 56.7 Å². The summed E-state index contributed by atoms with van der Waals surface area (Å²) in [7, 11) is 0. The molecule has 6 heteroatoms. The third-order valence-corrected chi connectivity index (χ3v) is 3.78. The summed E-state index contributed by atoms with van der Waals surface area (Å²) in [6, 6.07) is 13.3. The van der Waals surface area contributed by atoms with E-state index >= 15 is 0 Å². The number of aryl methyl sites for hydroxylation is 1. The van der Waals surface area contributed by atoms with Crippen LogP contribution < -0.4 is 0 Å². The first-order valence-electron chi connectivity index (χ1n) is 6.75. The van der Waals surface area contributed by atoms with Gasteiger partial charge in [-0.3, -0.25) is 0 Å². The number of halogens is 1. The SMILES string of the molecule is Cc1cnnn1-c1ccc2noc(-c3ccc(Cl)cc3)c2c1. The fourth-order valence-corrected chi connectivity index (χ4v) is 2.54. The van der Waals surface area contributed by atoms with E-state index in [-0.39, 0.29) is 0 Å². The zero-order valence-electron chi connectivity index (χ0n) is 11.7. The van der Waals surface area contributed by atoms with Gasteiger partial charge in [-0.25, -0.2) is 4.68 Å². The zero-order chi connectivity index (χ0) is 15.1. The first kappa shape index (κ1) is 13.0. The van der Waals surface area contributed by atoms with Crippen molar-refractivity contribution in [1.82, 2.24) is 20.2 Å². The number of hydrogen-bond acceptors (Lipinski definition) is 4. The van der Waals surface area contributed by atoms with Crippen molar-refractivity contribution in [3.05, 3.63) is 59.4 Å². The van der Waals surface area contributed by atoms with E-state index in [4.69, 9.17) is 16.1 Å². The van der Waals surface area contributed by atoms with E-state index in [2.05, 4.69) is 15.5 Å². The van der Waals surface area contributed by atoms with Crippen molar-refractivity contribution in [1.29, 1.82) is 0 Å².